The molecule has 2 N–H and O–H groups in total. The third-order valence-electron chi connectivity index (χ3n) is 5.16. The van der Waals surface area contributed by atoms with E-state index in [0.29, 0.717) is 29.4 Å². The fourth-order valence-electron chi connectivity index (χ4n) is 3.40. The minimum atomic E-state index is -0.979. The lowest BCUT2D eigenvalue weighted by molar-refractivity contribution is 0.0697. The van der Waals surface area contributed by atoms with Crippen molar-refractivity contribution in [2.45, 2.75) is 12.8 Å². The SMILES string of the molecule is N#Cc1ccc(CC#Cc2ccc3[nH]cc(Cc4ccc(C(=O)O)cc4)c(=O)c3c2)cc1. The molecule has 5 heteroatoms. The van der Waals surface area contributed by atoms with Crippen molar-refractivity contribution in [1.82, 2.24) is 4.98 Å². The predicted molar refractivity (Wildman–Crippen MR) is 123 cm³/mol. The van der Waals surface area contributed by atoms with Crippen molar-refractivity contribution >= 4 is 16.9 Å². The molecule has 0 atom stereocenters. The van der Waals surface area contributed by atoms with Gasteiger partial charge in [0.15, 0.2) is 5.43 Å². The van der Waals surface area contributed by atoms with Crippen molar-refractivity contribution in [1.29, 1.82) is 5.26 Å². The minimum absolute atomic E-state index is 0.0724. The van der Waals surface area contributed by atoms with E-state index in [0.717, 1.165) is 22.2 Å². The van der Waals surface area contributed by atoms with Gasteiger partial charge >= 0.3 is 5.97 Å². The first-order valence-electron chi connectivity index (χ1n) is 9.98. The number of carbonyl (C=O) groups is 1. The summed E-state index contributed by atoms with van der Waals surface area (Å²) in [6.45, 7) is 0. The van der Waals surface area contributed by atoms with Gasteiger partial charge in [0.1, 0.15) is 0 Å². The zero-order valence-corrected chi connectivity index (χ0v) is 17.1. The molecule has 0 radical (unpaired) electrons. The number of benzene rings is 3. The summed E-state index contributed by atoms with van der Waals surface area (Å²) in [4.78, 5) is 27.2. The van der Waals surface area contributed by atoms with Gasteiger partial charge in [-0.25, -0.2) is 4.79 Å². The van der Waals surface area contributed by atoms with Gasteiger partial charge in [0.25, 0.3) is 0 Å². The second kappa shape index (κ2) is 9.04. The summed E-state index contributed by atoms with van der Waals surface area (Å²) in [5.74, 6) is 5.24. The van der Waals surface area contributed by atoms with E-state index in [4.69, 9.17) is 10.4 Å². The van der Waals surface area contributed by atoms with Crippen LogP contribution in [0, 0.1) is 23.2 Å². The first kappa shape index (κ1) is 20.7. The summed E-state index contributed by atoms with van der Waals surface area (Å²) in [5.41, 5.74) is 4.72. The largest absolute Gasteiger partial charge is 0.478 e. The van der Waals surface area contributed by atoms with Crippen LogP contribution in [0.25, 0.3) is 10.9 Å². The molecule has 0 saturated heterocycles. The molecule has 1 heterocycles. The number of hydrogen-bond acceptors (Lipinski definition) is 3. The van der Waals surface area contributed by atoms with Crippen molar-refractivity contribution in [2.24, 2.45) is 0 Å². The number of nitrogens with zero attached hydrogens (tertiary/aromatic N) is 1. The smallest absolute Gasteiger partial charge is 0.335 e. The molecule has 5 nitrogen and oxygen atoms in total. The molecule has 0 saturated carbocycles. The van der Waals surface area contributed by atoms with Gasteiger partial charge in [0.2, 0.25) is 0 Å². The van der Waals surface area contributed by atoms with Crippen molar-refractivity contribution in [2.75, 3.05) is 0 Å². The molecule has 0 aliphatic carbocycles. The fourth-order valence-corrected chi connectivity index (χ4v) is 3.40. The van der Waals surface area contributed by atoms with Gasteiger partial charge < -0.3 is 10.1 Å². The zero-order valence-electron chi connectivity index (χ0n) is 17.1. The van der Waals surface area contributed by atoms with Crippen LogP contribution >= 0.6 is 0 Å². The van der Waals surface area contributed by atoms with E-state index >= 15 is 0 Å². The molecule has 4 rings (SSSR count). The van der Waals surface area contributed by atoms with Gasteiger partial charge in [0, 0.05) is 41.1 Å². The molecule has 1 aromatic heterocycles. The Kier molecular flexibility index (Phi) is 5.83. The minimum Gasteiger partial charge on any atom is -0.478 e. The topological polar surface area (TPSA) is 93.9 Å². The molecule has 3 aromatic carbocycles. The highest BCUT2D eigenvalue weighted by molar-refractivity contribution is 5.87. The van der Waals surface area contributed by atoms with Crippen LogP contribution < -0.4 is 5.43 Å². The summed E-state index contributed by atoms with van der Waals surface area (Å²) in [6.07, 6.45) is 2.65. The second-order valence-electron chi connectivity index (χ2n) is 7.37. The number of aromatic nitrogens is 1. The van der Waals surface area contributed by atoms with Crippen LogP contribution in [0.2, 0.25) is 0 Å². The molecule has 154 valence electrons. The summed E-state index contributed by atoms with van der Waals surface area (Å²) in [7, 11) is 0. The number of H-pyrrole nitrogens is 1. The number of nitrogens with one attached hydrogen (secondary N) is 1. The maximum absolute atomic E-state index is 13.0. The van der Waals surface area contributed by atoms with E-state index in [1.165, 1.54) is 12.1 Å². The zero-order chi connectivity index (χ0) is 22.5. The van der Waals surface area contributed by atoms with E-state index in [2.05, 4.69) is 22.9 Å². The van der Waals surface area contributed by atoms with Crippen molar-refractivity contribution < 1.29 is 9.90 Å². The van der Waals surface area contributed by atoms with Crippen molar-refractivity contribution in [3.8, 4) is 17.9 Å². The molecule has 0 unspecified atom stereocenters. The van der Waals surface area contributed by atoms with Crippen LogP contribution in [0.3, 0.4) is 0 Å². The van der Waals surface area contributed by atoms with Gasteiger partial charge in [0.05, 0.1) is 17.2 Å². The van der Waals surface area contributed by atoms with Crippen LogP contribution in [0.4, 0.5) is 0 Å². The average Bonchev–Trinajstić information content (AvgIpc) is 2.82. The van der Waals surface area contributed by atoms with Gasteiger partial charge in [-0.3, -0.25) is 4.79 Å². The Morgan fingerprint density at radius 2 is 1.62 bits per heavy atom. The van der Waals surface area contributed by atoms with E-state index < -0.39 is 5.97 Å². The monoisotopic (exact) mass is 418 g/mol. The van der Waals surface area contributed by atoms with Crippen LogP contribution in [-0.2, 0) is 12.8 Å². The highest BCUT2D eigenvalue weighted by atomic mass is 16.4. The van der Waals surface area contributed by atoms with Gasteiger partial charge in [-0.1, -0.05) is 36.1 Å². The van der Waals surface area contributed by atoms with E-state index in [9.17, 15) is 9.59 Å². The standard InChI is InChI=1S/C27H18N2O3/c28-16-21-6-4-18(5-7-21)2-1-3-19-10-13-25-24(15-19)26(30)23(17-29-25)14-20-8-11-22(12-9-20)27(31)32/h4-13,15,17H,2,14H2,(H,29,30)(H,31,32). The summed E-state index contributed by atoms with van der Waals surface area (Å²) in [5, 5.41) is 18.5. The Morgan fingerprint density at radius 3 is 2.31 bits per heavy atom. The van der Waals surface area contributed by atoms with E-state index in [-0.39, 0.29) is 11.0 Å². The normalized spacial score (nSPS) is 10.2. The fraction of sp³-hybridized carbons (Fsp3) is 0.0741. The summed E-state index contributed by atoms with van der Waals surface area (Å²) >= 11 is 0. The Morgan fingerprint density at radius 1 is 0.938 bits per heavy atom. The number of carboxylic acids is 1. The number of nitriles is 1. The highest BCUT2D eigenvalue weighted by Crippen LogP contribution is 2.14. The molecule has 0 amide bonds. The molecule has 4 aromatic rings. The number of aromatic amines is 1. The van der Waals surface area contributed by atoms with E-state index in [1.54, 1.807) is 36.5 Å². The highest BCUT2D eigenvalue weighted by Gasteiger charge is 2.08. The lowest BCUT2D eigenvalue weighted by Crippen LogP contribution is -2.11. The Hall–Kier alpha value is -4.61. The van der Waals surface area contributed by atoms with Crippen LogP contribution in [0.1, 0.15) is 38.2 Å². The maximum Gasteiger partial charge on any atom is 0.335 e. The third-order valence-corrected chi connectivity index (χ3v) is 5.16. The number of pyridine rings is 1. The number of aromatic carboxylic acids is 1. The number of carboxylic acid groups (broad SMARTS) is 1. The Labute approximate surface area is 184 Å². The van der Waals surface area contributed by atoms with Gasteiger partial charge in [-0.15, -0.1) is 0 Å². The first-order chi connectivity index (χ1) is 15.5. The summed E-state index contributed by atoms with van der Waals surface area (Å²) in [6, 6.07) is 21.4. The molecule has 0 bridgehead atoms. The van der Waals surface area contributed by atoms with Crippen LogP contribution in [0.5, 0.6) is 0 Å². The van der Waals surface area contributed by atoms with E-state index in [1.807, 2.05) is 24.3 Å². The molecule has 0 aliphatic rings. The lowest BCUT2D eigenvalue weighted by atomic mass is 10.0. The Balaban J connectivity index is 1.57. The maximum atomic E-state index is 13.0. The van der Waals surface area contributed by atoms with Gasteiger partial charge in [-0.05, 0) is 53.6 Å². The first-order valence-corrected chi connectivity index (χ1v) is 9.98. The predicted octanol–water partition coefficient (Wildman–Crippen LogP) is 4.28. The molecule has 0 aliphatic heterocycles. The Bertz CT molecular complexity index is 1460. The van der Waals surface area contributed by atoms with Crippen molar-refractivity contribution in [3.05, 3.63) is 117 Å². The van der Waals surface area contributed by atoms with Crippen LogP contribution in [0.15, 0.2) is 77.7 Å². The van der Waals surface area contributed by atoms with Gasteiger partial charge in [-0.2, -0.15) is 5.26 Å². The number of hydrogen-bond donors (Lipinski definition) is 2. The third kappa shape index (κ3) is 4.59. The molecule has 32 heavy (non-hydrogen) atoms. The second-order valence-corrected chi connectivity index (χ2v) is 7.37. The molecule has 0 fully saturated rings. The average molecular weight is 418 g/mol. The number of fused-ring (bicyclic) bond motifs is 1. The quantitative estimate of drug-likeness (QED) is 0.484. The number of rotatable bonds is 4. The molecular formula is C27H18N2O3. The van der Waals surface area contributed by atoms with Crippen molar-refractivity contribution in [3.63, 3.8) is 0 Å². The summed E-state index contributed by atoms with van der Waals surface area (Å²) < 4.78 is 0. The molecule has 0 spiro atoms. The molecular weight excluding hydrogens is 400 g/mol. The lowest BCUT2D eigenvalue weighted by Gasteiger charge is -2.05. The van der Waals surface area contributed by atoms with Crippen LogP contribution in [-0.4, -0.2) is 16.1 Å².